The maximum atomic E-state index is 12.0. The van der Waals surface area contributed by atoms with Gasteiger partial charge in [0, 0.05) is 32.5 Å². The van der Waals surface area contributed by atoms with Crippen molar-refractivity contribution in [3.8, 4) is 0 Å². The molecule has 1 fully saturated rings. The van der Waals surface area contributed by atoms with Gasteiger partial charge in [0.05, 0.1) is 0 Å². The molecule has 1 rings (SSSR count). The lowest BCUT2D eigenvalue weighted by molar-refractivity contribution is -0.143. The third-order valence-electron chi connectivity index (χ3n) is 2.82. The number of nitrogens with zero attached hydrogens (tertiary/aromatic N) is 1. The van der Waals surface area contributed by atoms with Crippen LogP contribution in [-0.2, 0) is 9.59 Å². The van der Waals surface area contributed by atoms with E-state index in [1.807, 2.05) is 13.8 Å². The zero-order valence-electron chi connectivity index (χ0n) is 10.1. The fourth-order valence-electron chi connectivity index (χ4n) is 1.79. The van der Waals surface area contributed by atoms with Gasteiger partial charge >= 0.3 is 0 Å². The molecular formula is C11H20N2O3. The Morgan fingerprint density at radius 1 is 1.44 bits per heavy atom. The highest BCUT2D eigenvalue weighted by atomic mass is 16.3. The van der Waals surface area contributed by atoms with Gasteiger partial charge in [-0.2, -0.15) is 0 Å². The van der Waals surface area contributed by atoms with Crippen LogP contribution in [0.25, 0.3) is 0 Å². The van der Waals surface area contributed by atoms with Crippen molar-refractivity contribution in [2.75, 3.05) is 19.7 Å². The van der Waals surface area contributed by atoms with E-state index in [2.05, 4.69) is 5.32 Å². The smallest absolute Gasteiger partial charge is 0.245 e. The van der Waals surface area contributed by atoms with Gasteiger partial charge in [-0.25, -0.2) is 0 Å². The van der Waals surface area contributed by atoms with Crippen LogP contribution in [0.2, 0.25) is 0 Å². The Labute approximate surface area is 95.8 Å². The van der Waals surface area contributed by atoms with Gasteiger partial charge in [-0.1, -0.05) is 13.8 Å². The molecule has 0 aromatic rings. The first-order chi connectivity index (χ1) is 7.45. The topological polar surface area (TPSA) is 69.6 Å². The fraction of sp³-hybridized carbons (Fsp3) is 0.818. The molecule has 1 heterocycles. The number of hydrogen-bond acceptors (Lipinski definition) is 3. The number of nitrogens with one attached hydrogen (secondary N) is 1. The quantitative estimate of drug-likeness (QED) is 0.687. The summed E-state index contributed by atoms with van der Waals surface area (Å²) in [4.78, 5) is 24.7. The third-order valence-corrected chi connectivity index (χ3v) is 2.82. The zero-order valence-corrected chi connectivity index (χ0v) is 10.1. The van der Waals surface area contributed by atoms with E-state index >= 15 is 0 Å². The van der Waals surface area contributed by atoms with E-state index in [9.17, 15) is 9.59 Å². The number of carbonyl (C=O) groups excluding carboxylic acids is 2. The van der Waals surface area contributed by atoms with Crippen molar-refractivity contribution in [1.82, 2.24) is 10.2 Å². The number of hydrogen-bond donors (Lipinski definition) is 2. The van der Waals surface area contributed by atoms with Crippen LogP contribution in [0.15, 0.2) is 0 Å². The Hall–Kier alpha value is -1.10. The number of likely N-dealkylation sites (tertiary alicyclic amines) is 1. The van der Waals surface area contributed by atoms with E-state index < -0.39 is 6.04 Å². The van der Waals surface area contributed by atoms with E-state index in [1.165, 1.54) is 6.92 Å². The lowest BCUT2D eigenvalue weighted by Crippen LogP contribution is -2.58. The predicted octanol–water partition coefficient (Wildman–Crippen LogP) is -0.402. The second-order valence-corrected chi connectivity index (χ2v) is 4.71. The molecule has 16 heavy (non-hydrogen) atoms. The summed E-state index contributed by atoms with van der Waals surface area (Å²) in [5.41, 5.74) is 0. The number of aliphatic hydroxyl groups excluding tert-OH is 1. The molecule has 1 unspecified atom stereocenters. The summed E-state index contributed by atoms with van der Waals surface area (Å²) in [5, 5.41) is 11.5. The maximum Gasteiger partial charge on any atom is 0.245 e. The van der Waals surface area contributed by atoms with Crippen molar-refractivity contribution >= 4 is 11.8 Å². The average Bonchev–Trinajstić information content (AvgIpc) is 2.11. The van der Waals surface area contributed by atoms with Gasteiger partial charge in [0.1, 0.15) is 6.04 Å². The maximum absolute atomic E-state index is 12.0. The summed E-state index contributed by atoms with van der Waals surface area (Å²) in [6.07, 6.45) is 0. The molecule has 1 atom stereocenters. The van der Waals surface area contributed by atoms with E-state index in [0.29, 0.717) is 13.1 Å². The van der Waals surface area contributed by atoms with Crippen LogP contribution in [0.5, 0.6) is 0 Å². The van der Waals surface area contributed by atoms with Gasteiger partial charge in [0.2, 0.25) is 11.8 Å². The molecule has 0 bridgehead atoms. The molecule has 0 radical (unpaired) electrons. The van der Waals surface area contributed by atoms with Crippen molar-refractivity contribution < 1.29 is 14.7 Å². The highest BCUT2D eigenvalue weighted by Gasteiger charge is 2.35. The van der Waals surface area contributed by atoms with E-state index in [0.717, 1.165) is 0 Å². The number of amides is 2. The van der Waals surface area contributed by atoms with Crippen LogP contribution in [0.4, 0.5) is 0 Å². The van der Waals surface area contributed by atoms with Crippen molar-refractivity contribution in [2.45, 2.75) is 26.8 Å². The molecule has 0 aromatic heterocycles. The van der Waals surface area contributed by atoms with Crippen LogP contribution < -0.4 is 5.32 Å². The molecule has 5 heteroatoms. The molecule has 0 spiro atoms. The first-order valence-electron chi connectivity index (χ1n) is 5.62. The Morgan fingerprint density at radius 3 is 2.38 bits per heavy atom. The molecule has 1 aliphatic heterocycles. The Balaban J connectivity index is 2.52. The molecule has 2 N–H and O–H groups in total. The van der Waals surface area contributed by atoms with Gasteiger partial charge in [0.15, 0.2) is 0 Å². The van der Waals surface area contributed by atoms with Crippen LogP contribution >= 0.6 is 0 Å². The van der Waals surface area contributed by atoms with Crippen LogP contribution in [0.1, 0.15) is 20.8 Å². The predicted molar refractivity (Wildman–Crippen MR) is 59.6 cm³/mol. The molecule has 1 aliphatic rings. The molecule has 0 aromatic carbocycles. The van der Waals surface area contributed by atoms with Gasteiger partial charge in [-0.3, -0.25) is 9.59 Å². The van der Waals surface area contributed by atoms with Gasteiger partial charge in [-0.05, 0) is 5.92 Å². The fourth-order valence-corrected chi connectivity index (χ4v) is 1.79. The minimum Gasteiger partial charge on any atom is -0.396 e. The molecule has 92 valence electrons. The van der Waals surface area contributed by atoms with Gasteiger partial charge in [-0.15, -0.1) is 0 Å². The zero-order chi connectivity index (χ0) is 12.3. The molecule has 0 aliphatic carbocycles. The summed E-state index contributed by atoms with van der Waals surface area (Å²) < 4.78 is 0. The molecule has 2 amide bonds. The largest absolute Gasteiger partial charge is 0.396 e. The minimum absolute atomic E-state index is 0.0464. The number of carbonyl (C=O) groups is 2. The van der Waals surface area contributed by atoms with E-state index in [-0.39, 0.29) is 30.3 Å². The summed E-state index contributed by atoms with van der Waals surface area (Å²) >= 11 is 0. The first-order valence-corrected chi connectivity index (χ1v) is 5.62. The lowest BCUT2D eigenvalue weighted by Gasteiger charge is -2.40. The summed E-state index contributed by atoms with van der Waals surface area (Å²) in [7, 11) is 0. The molecular weight excluding hydrogens is 208 g/mol. The van der Waals surface area contributed by atoms with Crippen LogP contribution in [-0.4, -0.2) is 47.6 Å². The second kappa shape index (κ2) is 5.30. The normalized spacial score (nSPS) is 18.2. The van der Waals surface area contributed by atoms with Crippen LogP contribution in [0, 0.1) is 11.8 Å². The molecule has 0 saturated carbocycles. The van der Waals surface area contributed by atoms with Crippen molar-refractivity contribution in [2.24, 2.45) is 11.8 Å². The Bertz CT molecular complexity index is 272. The summed E-state index contributed by atoms with van der Waals surface area (Å²) in [6.45, 7) is 6.53. The first kappa shape index (κ1) is 13.0. The number of aliphatic hydroxyl groups is 1. The third kappa shape index (κ3) is 2.95. The second-order valence-electron chi connectivity index (χ2n) is 4.71. The van der Waals surface area contributed by atoms with Crippen molar-refractivity contribution in [3.05, 3.63) is 0 Å². The van der Waals surface area contributed by atoms with E-state index in [1.54, 1.807) is 4.90 Å². The SMILES string of the molecule is CC(=O)NC(C(=O)N1CC(CO)C1)C(C)C. The van der Waals surface area contributed by atoms with Gasteiger partial charge < -0.3 is 15.3 Å². The summed E-state index contributed by atoms with van der Waals surface area (Å²) in [5.74, 6) is 0.0415. The Morgan fingerprint density at radius 2 is 2.00 bits per heavy atom. The highest BCUT2D eigenvalue weighted by Crippen LogP contribution is 2.17. The Kier molecular flexibility index (Phi) is 4.29. The van der Waals surface area contributed by atoms with Gasteiger partial charge in [0.25, 0.3) is 0 Å². The van der Waals surface area contributed by atoms with Crippen molar-refractivity contribution in [1.29, 1.82) is 0 Å². The lowest BCUT2D eigenvalue weighted by atomic mass is 9.96. The minimum atomic E-state index is -0.447. The number of rotatable bonds is 4. The average molecular weight is 228 g/mol. The van der Waals surface area contributed by atoms with Crippen LogP contribution in [0.3, 0.4) is 0 Å². The standard InChI is InChI=1S/C11H20N2O3/c1-7(2)10(12-8(3)15)11(16)13-4-9(5-13)6-14/h7,9-10,14H,4-6H2,1-3H3,(H,12,15). The monoisotopic (exact) mass is 228 g/mol. The molecule has 5 nitrogen and oxygen atoms in total. The van der Waals surface area contributed by atoms with Crippen molar-refractivity contribution in [3.63, 3.8) is 0 Å². The highest BCUT2D eigenvalue weighted by molar-refractivity contribution is 5.87. The molecule has 1 saturated heterocycles. The summed E-state index contributed by atoms with van der Waals surface area (Å²) in [6, 6.07) is -0.447. The van der Waals surface area contributed by atoms with E-state index in [4.69, 9.17) is 5.11 Å².